The highest BCUT2D eigenvalue weighted by molar-refractivity contribution is 7.99. The molecule has 0 fully saturated rings. The molecule has 0 radical (unpaired) electrons. The van der Waals surface area contributed by atoms with E-state index >= 15 is 0 Å². The number of nitrogens with one attached hydrogen (secondary N) is 1. The topological polar surface area (TPSA) is 75.4 Å². The molecule has 1 aromatic carbocycles. The Morgan fingerprint density at radius 3 is 2.68 bits per heavy atom. The monoisotopic (exact) mass is 282 g/mol. The van der Waals surface area contributed by atoms with Gasteiger partial charge in [0, 0.05) is 18.9 Å². The zero-order chi connectivity index (χ0) is 14.1. The van der Waals surface area contributed by atoms with E-state index in [0.717, 1.165) is 29.1 Å². The van der Waals surface area contributed by atoms with Gasteiger partial charge in [-0.1, -0.05) is 29.8 Å². The number of benzene rings is 1. The van der Waals surface area contributed by atoms with Crippen molar-refractivity contribution in [3.8, 4) is 0 Å². The van der Waals surface area contributed by atoms with E-state index < -0.39 is 6.04 Å². The molecule has 0 aliphatic carbocycles. The molecule has 19 heavy (non-hydrogen) atoms. The Kier molecular flexibility index (Phi) is 7.55. The first-order valence-electron chi connectivity index (χ1n) is 6.43. The SMILES string of the molecule is Cc1ccc(C(N)C(=O)NCCSCCCO)cc1. The number of carbonyl (C=O) groups excluding carboxylic acids is 1. The van der Waals surface area contributed by atoms with Crippen LogP contribution < -0.4 is 11.1 Å². The van der Waals surface area contributed by atoms with Gasteiger partial charge < -0.3 is 16.2 Å². The highest BCUT2D eigenvalue weighted by Crippen LogP contribution is 2.11. The summed E-state index contributed by atoms with van der Waals surface area (Å²) >= 11 is 1.71. The summed E-state index contributed by atoms with van der Waals surface area (Å²) in [5, 5.41) is 11.5. The number of aliphatic hydroxyl groups is 1. The predicted molar refractivity (Wildman–Crippen MR) is 80.1 cm³/mol. The van der Waals surface area contributed by atoms with Crippen molar-refractivity contribution in [3.05, 3.63) is 35.4 Å². The first-order chi connectivity index (χ1) is 9.15. The molecule has 0 saturated carbocycles. The number of hydrogen-bond donors (Lipinski definition) is 3. The third kappa shape index (κ3) is 6.09. The highest BCUT2D eigenvalue weighted by Gasteiger charge is 2.14. The molecule has 1 atom stereocenters. The van der Waals surface area contributed by atoms with Gasteiger partial charge in [-0.3, -0.25) is 4.79 Å². The fraction of sp³-hybridized carbons (Fsp3) is 0.500. The van der Waals surface area contributed by atoms with Crippen LogP contribution in [0.15, 0.2) is 24.3 Å². The third-order valence-electron chi connectivity index (χ3n) is 2.71. The van der Waals surface area contributed by atoms with E-state index in [9.17, 15) is 4.79 Å². The van der Waals surface area contributed by atoms with E-state index in [-0.39, 0.29) is 12.5 Å². The van der Waals surface area contributed by atoms with E-state index in [1.54, 1.807) is 11.8 Å². The normalized spacial score (nSPS) is 12.2. The van der Waals surface area contributed by atoms with Crippen LogP contribution in [0.2, 0.25) is 0 Å². The zero-order valence-corrected chi connectivity index (χ0v) is 12.1. The average molecular weight is 282 g/mol. The van der Waals surface area contributed by atoms with Gasteiger partial charge in [0.15, 0.2) is 0 Å². The summed E-state index contributed by atoms with van der Waals surface area (Å²) in [5.41, 5.74) is 7.88. The first kappa shape index (κ1) is 16.0. The lowest BCUT2D eigenvalue weighted by molar-refractivity contribution is -0.122. The Morgan fingerprint density at radius 2 is 2.05 bits per heavy atom. The van der Waals surface area contributed by atoms with Crippen molar-refractivity contribution in [2.45, 2.75) is 19.4 Å². The van der Waals surface area contributed by atoms with Gasteiger partial charge in [-0.25, -0.2) is 0 Å². The molecule has 4 N–H and O–H groups in total. The summed E-state index contributed by atoms with van der Waals surface area (Å²) in [7, 11) is 0. The molecule has 106 valence electrons. The van der Waals surface area contributed by atoms with Gasteiger partial charge in [0.1, 0.15) is 6.04 Å². The van der Waals surface area contributed by atoms with E-state index in [1.807, 2.05) is 31.2 Å². The zero-order valence-electron chi connectivity index (χ0n) is 11.3. The molecular weight excluding hydrogens is 260 g/mol. The predicted octanol–water partition coefficient (Wildman–Crippen LogP) is 1.23. The Bertz CT molecular complexity index is 382. The molecule has 0 bridgehead atoms. The van der Waals surface area contributed by atoms with Gasteiger partial charge >= 0.3 is 0 Å². The minimum Gasteiger partial charge on any atom is -0.396 e. The largest absolute Gasteiger partial charge is 0.396 e. The summed E-state index contributed by atoms with van der Waals surface area (Å²) in [5.74, 6) is 1.61. The molecule has 0 aromatic heterocycles. The summed E-state index contributed by atoms with van der Waals surface area (Å²) in [6.07, 6.45) is 0.793. The van der Waals surface area contributed by atoms with Crippen LogP contribution in [-0.4, -0.2) is 35.7 Å². The van der Waals surface area contributed by atoms with E-state index in [0.29, 0.717) is 6.54 Å². The van der Waals surface area contributed by atoms with Crippen LogP contribution in [0, 0.1) is 6.92 Å². The number of aliphatic hydroxyl groups excluding tert-OH is 1. The molecule has 0 heterocycles. The maximum absolute atomic E-state index is 11.8. The lowest BCUT2D eigenvalue weighted by Crippen LogP contribution is -2.35. The minimum atomic E-state index is -0.608. The van der Waals surface area contributed by atoms with Crippen molar-refractivity contribution in [1.82, 2.24) is 5.32 Å². The molecule has 1 rings (SSSR count). The Morgan fingerprint density at radius 1 is 1.37 bits per heavy atom. The number of thioether (sulfide) groups is 1. The van der Waals surface area contributed by atoms with Crippen LogP contribution >= 0.6 is 11.8 Å². The van der Waals surface area contributed by atoms with Gasteiger partial charge in [-0.05, 0) is 24.7 Å². The van der Waals surface area contributed by atoms with Crippen molar-refractivity contribution in [2.75, 3.05) is 24.7 Å². The fourth-order valence-electron chi connectivity index (χ4n) is 1.55. The van der Waals surface area contributed by atoms with Crippen molar-refractivity contribution >= 4 is 17.7 Å². The van der Waals surface area contributed by atoms with Crippen molar-refractivity contribution in [2.24, 2.45) is 5.73 Å². The quantitative estimate of drug-likeness (QED) is 0.627. The first-order valence-corrected chi connectivity index (χ1v) is 7.59. The molecule has 0 spiro atoms. The fourth-order valence-corrected chi connectivity index (χ4v) is 2.33. The number of nitrogens with two attached hydrogens (primary N) is 1. The van der Waals surface area contributed by atoms with Crippen LogP contribution in [0.3, 0.4) is 0 Å². The lowest BCUT2D eigenvalue weighted by Gasteiger charge is -2.12. The summed E-state index contributed by atoms with van der Waals surface area (Å²) in [4.78, 5) is 11.8. The number of rotatable bonds is 8. The number of hydrogen-bond acceptors (Lipinski definition) is 4. The Hall–Kier alpha value is -1.04. The smallest absolute Gasteiger partial charge is 0.241 e. The van der Waals surface area contributed by atoms with Crippen molar-refractivity contribution in [1.29, 1.82) is 0 Å². The lowest BCUT2D eigenvalue weighted by atomic mass is 10.1. The van der Waals surface area contributed by atoms with Gasteiger partial charge in [-0.15, -0.1) is 0 Å². The standard InChI is InChI=1S/C14H22N2O2S/c1-11-3-5-12(6-4-11)13(15)14(18)16-7-10-19-9-2-8-17/h3-6,13,17H,2,7-10,15H2,1H3,(H,16,18). The van der Waals surface area contributed by atoms with Crippen LogP contribution in [0.4, 0.5) is 0 Å². The van der Waals surface area contributed by atoms with Crippen LogP contribution in [-0.2, 0) is 4.79 Å². The molecule has 4 nitrogen and oxygen atoms in total. The maximum atomic E-state index is 11.8. The third-order valence-corrected chi connectivity index (χ3v) is 3.78. The van der Waals surface area contributed by atoms with Crippen molar-refractivity contribution in [3.63, 3.8) is 0 Å². The Balaban J connectivity index is 2.27. The molecule has 1 aromatic rings. The molecule has 0 saturated heterocycles. The minimum absolute atomic E-state index is 0.147. The van der Waals surface area contributed by atoms with E-state index in [4.69, 9.17) is 10.8 Å². The second-order valence-electron chi connectivity index (χ2n) is 4.37. The summed E-state index contributed by atoms with van der Waals surface area (Å²) in [6, 6.07) is 7.06. The number of aryl methyl sites for hydroxylation is 1. The van der Waals surface area contributed by atoms with Crippen LogP contribution in [0.1, 0.15) is 23.6 Å². The van der Waals surface area contributed by atoms with E-state index in [2.05, 4.69) is 5.32 Å². The summed E-state index contributed by atoms with van der Waals surface area (Å²) in [6.45, 7) is 2.82. The van der Waals surface area contributed by atoms with E-state index in [1.165, 1.54) is 0 Å². The molecule has 1 amide bonds. The molecule has 0 aliphatic heterocycles. The second-order valence-corrected chi connectivity index (χ2v) is 5.59. The maximum Gasteiger partial charge on any atom is 0.241 e. The second kappa shape index (κ2) is 8.96. The average Bonchev–Trinajstić information content (AvgIpc) is 2.42. The molecule has 1 unspecified atom stereocenters. The van der Waals surface area contributed by atoms with Gasteiger partial charge in [0.2, 0.25) is 5.91 Å². The number of amides is 1. The number of carbonyl (C=O) groups is 1. The molecule has 0 aliphatic rings. The summed E-state index contributed by atoms with van der Waals surface area (Å²) < 4.78 is 0. The van der Waals surface area contributed by atoms with Gasteiger partial charge in [-0.2, -0.15) is 11.8 Å². The molecule has 5 heteroatoms. The Labute approximate surface area is 118 Å². The van der Waals surface area contributed by atoms with Gasteiger partial charge in [0.05, 0.1) is 0 Å². The van der Waals surface area contributed by atoms with Crippen LogP contribution in [0.25, 0.3) is 0 Å². The van der Waals surface area contributed by atoms with Gasteiger partial charge in [0.25, 0.3) is 0 Å². The van der Waals surface area contributed by atoms with Crippen LogP contribution in [0.5, 0.6) is 0 Å². The highest BCUT2D eigenvalue weighted by atomic mass is 32.2. The molecular formula is C14H22N2O2S. The van der Waals surface area contributed by atoms with Crippen molar-refractivity contribution < 1.29 is 9.90 Å².